The first-order valence-electron chi connectivity index (χ1n) is 7.92. The normalized spacial score (nSPS) is 14.8. The van der Waals surface area contributed by atoms with Crippen molar-refractivity contribution in [2.75, 3.05) is 31.1 Å². The van der Waals surface area contributed by atoms with Crippen molar-refractivity contribution in [3.63, 3.8) is 0 Å². The predicted octanol–water partition coefficient (Wildman–Crippen LogP) is 0.563. The van der Waals surface area contributed by atoms with Gasteiger partial charge in [-0.05, 0) is 24.3 Å². The highest BCUT2D eigenvalue weighted by Crippen LogP contribution is 2.25. The minimum Gasteiger partial charge on any atom is -0.367 e. The fourth-order valence-electron chi connectivity index (χ4n) is 2.86. The van der Waals surface area contributed by atoms with Gasteiger partial charge in [0.15, 0.2) is 0 Å². The molecule has 0 aliphatic carbocycles. The second kappa shape index (κ2) is 7.11. The zero-order valence-electron chi connectivity index (χ0n) is 13.9. The average molecular weight is 371 g/mol. The number of hydrogen-bond acceptors (Lipinski definition) is 6. The first-order chi connectivity index (χ1) is 12.4. The summed E-state index contributed by atoms with van der Waals surface area (Å²) in [5.41, 5.74) is 1.21. The molecule has 1 aromatic carbocycles. The van der Waals surface area contributed by atoms with Crippen LogP contribution in [0, 0.1) is 11.3 Å². The van der Waals surface area contributed by atoms with Gasteiger partial charge in [0.2, 0.25) is 10.0 Å². The number of hydrogen-bond donors (Lipinski definition) is 1. The zero-order valence-corrected chi connectivity index (χ0v) is 14.7. The Morgan fingerprint density at radius 3 is 2.38 bits per heavy atom. The highest BCUT2D eigenvalue weighted by atomic mass is 32.2. The Bertz CT molecular complexity index is 959. The molecule has 0 unspecified atom stereocenters. The van der Waals surface area contributed by atoms with Gasteiger partial charge in [-0.15, -0.1) is 0 Å². The molecule has 2 heterocycles. The number of anilines is 1. The van der Waals surface area contributed by atoms with E-state index in [1.165, 1.54) is 18.3 Å². The van der Waals surface area contributed by atoms with Crippen molar-refractivity contribution in [3.05, 3.63) is 53.9 Å². The molecule has 1 aromatic heterocycles. The second-order valence-electron chi connectivity index (χ2n) is 5.84. The van der Waals surface area contributed by atoms with Gasteiger partial charge >= 0.3 is 0 Å². The Morgan fingerprint density at radius 1 is 1.12 bits per heavy atom. The van der Waals surface area contributed by atoms with Crippen LogP contribution in [-0.2, 0) is 10.0 Å². The molecule has 1 aliphatic heterocycles. The van der Waals surface area contributed by atoms with E-state index in [1.54, 1.807) is 29.2 Å². The molecule has 134 valence electrons. The van der Waals surface area contributed by atoms with Crippen LogP contribution in [0.25, 0.3) is 0 Å². The van der Waals surface area contributed by atoms with E-state index in [0.717, 1.165) is 0 Å². The molecule has 9 heteroatoms. The van der Waals surface area contributed by atoms with E-state index in [1.807, 2.05) is 11.0 Å². The Balaban J connectivity index is 1.72. The molecular formula is C17H17N5O3S. The number of pyridine rings is 1. The number of para-hydroxylation sites is 1. The summed E-state index contributed by atoms with van der Waals surface area (Å²) in [6, 6.07) is 11.6. The summed E-state index contributed by atoms with van der Waals surface area (Å²) >= 11 is 0. The number of carbonyl (C=O) groups is 1. The maximum Gasteiger partial charge on any atom is 0.272 e. The van der Waals surface area contributed by atoms with Gasteiger partial charge in [0, 0.05) is 32.4 Å². The van der Waals surface area contributed by atoms with Crippen LogP contribution in [0.3, 0.4) is 0 Å². The lowest BCUT2D eigenvalue weighted by molar-refractivity contribution is 0.0740. The predicted molar refractivity (Wildman–Crippen MR) is 94.9 cm³/mol. The third-order valence-electron chi connectivity index (χ3n) is 4.19. The van der Waals surface area contributed by atoms with Crippen molar-refractivity contribution in [3.8, 4) is 6.07 Å². The Labute approximate surface area is 151 Å². The van der Waals surface area contributed by atoms with Crippen LogP contribution in [-0.4, -0.2) is 50.4 Å². The van der Waals surface area contributed by atoms with Gasteiger partial charge in [-0.2, -0.15) is 5.26 Å². The summed E-state index contributed by atoms with van der Waals surface area (Å²) in [4.78, 5) is 20.2. The van der Waals surface area contributed by atoms with E-state index < -0.39 is 10.0 Å². The van der Waals surface area contributed by atoms with Crippen LogP contribution in [0.15, 0.2) is 47.5 Å². The summed E-state index contributed by atoms with van der Waals surface area (Å²) in [6.07, 6.45) is 1.37. The topological polar surface area (TPSA) is 120 Å². The lowest BCUT2D eigenvalue weighted by atomic mass is 10.2. The van der Waals surface area contributed by atoms with Gasteiger partial charge in [-0.25, -0.2) is 18.5 Å². The number of piperazine rings is 1. The number of primary sulfonamides is 1. The maximum atomic E-state index is 12.5. The smallest absolute Gasteiger partial charge is 0.272 e. The molecule has 0 radical (unpaired) electrons. The quantitative estimate of drug-likeness (QED) is 0.842. The van der Waals surface area contributed by atoms with Gasteiger partial charge in [0.25, 0.3) is 5.91 Å². The number of aromatic nitrogens is 1. The fraction of sp³-hybridized carbons (Fsp3) is 0.235. The van der Waals surface area contributed by atoms with E-state index in [0.29, 0.717) is 37.4 Å². The lowest BCUT2D eigenvalue weighted by Gasteiger charge is -2.36. The van der Waals surface area contributed by atoms with E-state index in [2.05, 4.69) is 4.98 Å². The fourth-order valence-corrected chi connectivity index (χ4v) is 3.61. The molecule has 3 rings (SSSR count). The molecule has 0 spiro atoms. The van der Waals surface area contributed by atoms with Crippen molar-refractivity contribution in [1.29, 1.82) is 5.26 Å². The number of amides is 1. The monoisotopic (exact) mass is 371 g/mol. The minimum absolute atomic E-state index is 0.0773. The first-order valence-corrected chi connectivity index (χ1v) is 9.47. The average Bonchev–Trinajstić information content (AvgIpc) is 2.67. The molecule has 2 aromatic rings. The number of nitriles is 1. The van der Waals surface area contributed by atoms with E-state index in [4.69, 9.17) is 10.4 Å². The van der Waals surface area contributed by atoms with Crippen molar-refractivity contribution in [2.24, 2.45) is 5.14 Å². The van der Waals surface area contributed by atoms with Crippen LogP contribution < -0.4 is 10.0 Å². The molecule has 1 aliphatic rings. The van der Waals surface area contributed by atoms with Gasteiger partial charge < -0.3 is 9.80 Å². The first kappa shape index (κ1) is 17.8. The highest BCUT2D eigenvalue weighted by Gasteiger charge is 2.25. The van der Waals surface area contributed by atoms with Gasteiger partial charge in [-0.3, -0.25) is 4.79 Å². The van der Waals surface area contributed by atoms with Crippen LogP contribution in [0.5, 0.6) is 0 Å². The van der Waals surface area contributed by atoms with Crippen molar-refractivity contribution >= 4 is 21.6 Å². The third kappa shape index (κ3) is 3.66. The summed E-state index contributed by atoms with van der Waals surface area (Å²) in [7, 11) is -3.82. The van der Waals surface area contributed by atoms with Crippen LogP contribution >= 0.6 is 0 Å². The Kier molecular flexibility index (Phi) is 4.88. The molecule has 0 bridgehead atoms. The third-order valence-corrected chi connectivity index (χ3v) is 5.15. The second-order valence-corrected chi connectivity index (χ2v) is 7.37. The van der Waals surface area contributed by atoms with E-state index >= 15 is 0 Å². The maximum absolute atomic E-state index is 12.5. The minimum atomic E-state index is -3.82. The Hall–Kier alpha value is -2.96. The molecule has 0 atom stereocenters. The molecule has 2 N–H and O–H groups in total. The lowest BCUT2D eigenvalue weighted by Crippen LogP contribution is -2.49. The number of nitrogens with zero attached hydrogens (tertiary/aromatic N) is 4. The number of benzene rings is 1. The molecule has 26 heavy (non-hydrogen) atoms. The van der Waals surface area contributed by atoms with Crippen LogP contribution in [0.1, 0.15) is 16.1 Å². The molecule has 1 amide bonds. The van der Waals surface area contributed by atoms with E-state index in [9.17, 15) is 13.2 Å². The van der Waals surface area contributed by atoms with Crippen molar-refractivity contribution in [1.82, 2.24) is 9.88 Å². The van der Waals surface area contributed by atoms with Crippen LogP contribution in [0.2, 0.25) is 0 Å². The summed E-state index contributed by atoms with van der Waals surface area (Å²) < 4.78 is 23.5. The van der Waals surface area contributed by atoms with Crippen molar-refractivity contribution < 1.29 is 13.2 Å². The number of rotatable bonds is 3. The number of sulfonamides is 1. The highest BCUT2D eigenvalue weighted by molar-refractivity contribution is 7.89. The molecule has 1 fully saturated rings. The zero-order chi connectivity index (χ0) is 18.7. The molecule has 1 saturated heterocycles. The van der Waals surface area contributed by atoms with Gasteiger partial charge in [-0.1, -0.05) is 12.1 Å². The summed E-state index contributed by atoms with van der Waals surface area (Å²) in [5.74, 6) is -0.214. The summed E-state index contributed by atoms with van der Waals surface area (Å²) in [5, 5.41) is 14.1. The van der Waals surface area contributed by atoms with Gasteiger partial charge in [0.1, 0.15) is 16.7 Å². The number of nitrogens with two attached hydrogens (primary N) is 1. The SMILES string of the molecule is N#Cc1ccc(C(=O)N2CCN(c3ccccc3S(N)(=O)=O)CC2)nc1. The molecule has 0 saturated carbocycles. The van der Waals surface area contributed by atoms with Crippen LogP contribution in [0.4, 0.5) is 5.69 Å². The van der Waals surface area contributed by atoms with Gasteiger partial charge in [0.05, 0.1) is 11.3 Å². The van der Waals surface area contributed by atoms with E-state index in [-0.39, 0.29) is 16.5 Å². The van der Waals surface area contributed by atoms with Crippen molar-refractivity contribution in [2.45, 2.75) is 4.90 Å². The molecular weight excluding hydrogens is 354 g/mol. The molecule has 8 nitrogen and oxygen atoms in total. The Morgan fingerprint density at radius 2 is 1.81 bits per heavy atom. The summed E-state index contributed by atoms with van der Waals surface area (Å²) in [6.45, 7) is 1.82. The number of carbonyl (C=O) groups excluding carboxylic acids is 1. The standard InChI is InChI=1S/C17H17N5O3S/c18-11-13-5-6-14(20-12-13)17(23)22-9-7-21(8-10-22)15-3-1-2-4-16(15)26(19,24)25/h1-6,12H,7-10H2,(H2,19,24,25). The largest absolute Gasteiger partial charge is 0.367 e.